The van der Waals surface area contributed by atoms with E-state index in [4.69, 9.17) is 5.73 Å². The smallest absolute Gasteiger partial charge is 0.227 e. The van der Waals surface area contributed by atoms with Gasteiger partial charge in [-0.1, -0.05) is 12.1 Å². The van der Waals surface area contributed by atoms with Crippen molar-refractivity contribution in [3.8, 4) is 5.75 Å². The first-order valence-corrected chi connectivity index (χ1v) is 9.61. The molecule has 28 heavy (non-hydrogen) atoms. The molecule has 5 rings (SSSR count). The number of nitrogens with two attached hydrogens (primary N) is 1. The second-order valence-electron chi connectivity index (χ2n) is 7.85. The summed E-state index contributed by atoms with van der Waals surface area (Å²) in [6, 6.07) is 9.47. The number of aromatic amines is 1. The quantitative estimate of drug-likeness (QED) is 0.608. The van der Waals surface area contributed by atoms with Gasteiger partial charge in [0.15, 0.2) is 5.75 Å². The zero-order chi connectivity index (χ0) is 19.3. The van der Waals surface area contributed by atoms with E-state index in [2.05, 4.69) is 14.9 Å². The van der Waals surface area contributed by atoms with Crippen molar-refractivity contribution in [2.75, 3.05) is 30.3 Å². The molecule has 2 aliphatic rings. The van der Waals surface area contributed by atoms with Crippen LogP contribution in [0.4, 0.5) is 11.4 Å². The van der Waals surface area contributed by atoms with Crippen LogP contribution < -0.4 is 10.6 Å². The van der Waals surface area contributed by atoms with Crippen LogP contribution in [0.15, 0.2) is 42.7 Å². The number of piperazine rings is 1. The van der Waals surface area contributed by atoms with Crippen LogP contribution in [-0.2, 0) is 11.2 Å². The highest BCUT2D eigenvalue weighted by atomic mass is 16.3. The highest BCUT2D eigenvalue weighted by Gasteiger charge is 2.53. The Bertz CT molecular complexity index is 1060. The van der Waals surface area contributed by atoms with Crippen LogP contribution in [0.5, 0.6) is 5.75 Å². The Kier molecular flexibility index (Phi) is 3.72. The van der Waals surface area contributed by atoms with Crippen molar-refractivity contribution >= 4 is 28.3 Å². The molecule has 1 aromatic carbocycles. The van der Waals surface area contributed by atoms with Gasteiger partial charge >= 0.3 is 0 Å². The number of amides is 1. The summed E-state index contributed by atoms with van der Waals surface area (Å²) in [6.07, 6.45) is 5.68. The average molecular weight is 377 g/mol. The third kappa shape index (κ3) is 2.74. The lowest BCUT2D eigenvalue weighted by molar-refractivity contribution is -0.134. The fourth-order valence-corrected chi connectivity index (χ4v) is 4.42. The van der Waals surface area contributed by atoms with Gasteiger partial charge in [-0.25, -0.2) is 4.98 Å². The topological polar surface area (TPSA) is 98.5 Å². The van der Waals surface area contributed by atoms with Crippen LogP contribution in [0.25, 0.3) is 11.0 Å². The predicted molar refractivity (Wildman–Crippen MR) is 108 cm³/mol. The number of nitrogen functional groups attached to an aromatic ring is 1. The maximum atomic E-state index is 13.0. The van der Waals surface area contributed by atoms with E-state index in [0.717, 1.165) is 41.7 Å². The Morgan fingerprint density at radius 3 is 2.93 bits per heavy atom. The van der Waals surface area contributed by atoms with Crippen LogP contribution in [0, 0.1) is 0 Å². The molecule has 1 amide bonds. The summed E-state index contributed by atoms with van der Waals surface area (Å²) >= 11 is 0. The Balaban J connectivity index is 1.38. The van der Waals surface area contributed by atoms with Gasteiger partial charge in [-0.05, 0) is 36.6 Å². The normalized spacial score (nSPS) is 18.0. The molecule has 1 aliphatic heterocycles. The Morgan fingerprint density at radius 2 is 2.14 bits per heavy atom. The van der Waals surface area contributed by atoms with Gasteiger partial charge in [-0.2, -0.15) is 0 Å². The Hall–Kier alpha value is -3.22. The molecule has 0 bridgehead atoms. The molecule has 2 aromatic heterocycles. The molecule has 0 radical (unpaired) electrons. The maximum absolute atomic E-state index is 13.0. The summed E-state index contributed by atoms with van der Waals surface area (Å²) in [5.74, 6) is 0.330. The predicted octanol–water partition coefficient (Wildman–Crippen LogP) is 2.27. The first-order valence-electron chi connectivity index (χ1n) is 9.61. The maximum Gasteiger partial charge on any atom is 0.227 e. The number of carbonyl (C=O) groups is 1. The van der Waals surface area contributed by atoms with Gasteiger partial charge in [0.2, 0.25) is 5.91 Å². The zero-order valence-electron chi connectivity index (χ0n) is 15.6. The van der Waals surface area contributed by atoms with Gasteiger partial charge in [0.1, 0.15) is 5.65 Å². The van der Waals surface area contributed by atoms with Gasteiger partial charge in [0.05, 0.1) is 23.8 Å². The molecule has 1 spiro atoms. The molecule has 0 unspecified atom stereocenters. The summed E-state index contributed by atoms with van der Waals surface area (Å²) in [7, 11) is 0. The third-order valence-corrected chi connectivity index (χ3v) is 5.94. The second-order valence-corrected chi connectivity index (χ2v) is 7.85. The monoisotopic (exact) mass is 377 g/mol. The second kappa shape index (κ2) is 6.15. The van der Waals surface area contributed by atoms with Crippen molar-refractivity contribution in [2.24, 2.45) is 0 Å². The molecule has 4 N–H and O–H groups in total. The minimum Gasteiger partial charge on any atom is -0.504 e. The molecule has 7 heteroatoms. The Labute approximate surface area is 162 Å². The summed E-state index contributed by atoms with van der Waals surface area (Å²) in [5, 5.41) is 11.4. The van der Waals surface area contributed by atoms with E-state index in [1.165, 1.54) is 6.20 Å². The number of H-pyrrole nitrogens is 1. The van der Waals surface area contributed by atoms with Crippen molar-refractivity contribution in [3.63, 3.8) is 0 Å². The van der Waals surface area contributed by atoms with Crippen LogP contribution in [0.1, 0.15) is 18.4 Å². The number of hydrogen-bond acceptors (Lipinski definition) is 5. The molecular formula is C21H23N5O2. The summed E-state index contributed by atoms with van der Waals surface area (Å²) in [4.78, 5) is 24.6. The van der Waals surface area contributed by atoms with Crippen LogP contribution in [0.2, 0.25) is 0 Å². The zero-order valence-corrected chi connectivity index (χ0v) is 15.6. The lowest BCUT2D eigenvalue weighted by atomic mass is 10.1. The highest BCUT2D eigenvalue weighted by Crippen LogP contribution is 2.47. The summed E-state index contributed by atoms with van der Waals surface area (Å²) in [6.45, 7) is 2.06. The van der Waals surface area contributed by atoms with Crippen molar-refractivity contribution in [1.29, 1.82) is 0 Å². The summed E-state index contributed by atoms with van der Waals surface area (Å²) in [5.41, 5.74) is 8.91. The Morgan fingerprint density at radius 1 is 1.29 bits per heavy atom. The first-order chi connectivity index (χ1) is 13.6. The fourth-order valence-electron chi connectivity index (χ4n) is 4.42. The number of nitrogens with one attached hydrogen (secondary N) is 1. The number of aromatic hydroxyl groups is 1. The minimum absolute atomic E-state index is 0.131. The molecule has 1 saturated heterocycles. The molecule has 7 nitrogen and oxygen atoms in total. The molecular weight excluding hydrogens is 354 g/mol. The van der Waals surface area contributed by atoms with Crippen LogP contribution in [0.3, 0.4) is 0 Å². The van der Waals surface area contributed by atoms with Gasteiger partial charge in [-0.3, -0.25) is 4.79 Å². The number of fused-ring (bicyclic) bond motifs is 1. The van der Waals surface area contributed by atoms with E-state index in [1.54, 1.807) is 0 Å². The minimum atomic E-state index is -0.131. The van der Waals surface area contributed by atoms with Crippen LogP contribution in [-0.4, -0.2) is 51.1 Å². The van der Waals surface area contributed by atoms with E-state index in [9.17, 15) is 9.90 Å². The number of hydrogen-bond donors (Lipinski definition) is 3. The van der Waals surface area contributed by atoms with Gasteiger partial charge in [0, 0.05) is 36.9 Å². The van der Waals surface area contributed by atoms with Crippen molar-refractivity contribution in [1.82, 2.24) is 14.9 Å². The van der Waals surface area contributed by atoms with Crippen LogP contribution >= 0.6 is 0 Å². The largest absolute Gasteiger partial charge is 0.504 e. The number of nitrogens with zero attached hydrogens (tertiary/aromatic N) is 3. The molecule has 144 valence electrons. The SMILES string of the molecule is Nc1cccc(CC(=O)N2CCN(c3c(O)cnc4[nH]ccc34)CC23CC3)c1. The number of pyridine rings is 1. The average Bonchev–Trinajstić information content (AvgIpc) is 3.25. The van der Waals surface area contributed by atoms with E-state index in [1.807, 2.05) is 41.4 Å². The van der Waals surface area contributed by atoms with Gasteiger partial charge in [-0.15, -0.1) is 0 Å². The van der Waals surface area contributed by atoms with E-state index in [-0.39, 0.29) is 17.2 Å². The number of rotatable bonds is 3. The fraction of sp³-hybridized carbons (Fsp3) is 0.333. The van der Waals surface area contributed by atoms with E-state index in [0.29, 0.717) is 25.2 Å². The lowest BCUT2D eigenvalue weighted by Crippen LogP contribution is -2.57. The molecule has 2 fully saturated rings. The van der Waals surface area contributed by atoms with Gasteiger partial charge < -0.3 is 25.6 Å². The number of carbonyl (C=O) groups excluding carboxylic acids is 1. The standard InChI is InChI=1S/C21H23N5O2/c22-15-3-1-2-14(10-15)11-18(28)26-9-8-25(13-21(26)5-6-21)19-16-4-7-23-20(16)24-12-17(19)27/h1-4,7,10,12,27H,5-6,8-9,11,13,22H2,(H,23,24). The number of aromatic nitrogens is 2. The summed E-state index contributed by atoms with van der Waals surface area (Å²) < 4.78 is 0. The van der Waals surface area contributed by atoms with E-state index >= 15 is 0 Å². The van der Waals surface area contributed by atoms with Crippen molar-refractivity contribution in [3.05, 3.63) is 48.3 Å². The number of benzene rings is 1. The lowest BCUT2D eigenvalue weighted by Gasteiger charge is -2.43. The molecule has 1 aliphatic carbocycles. The van der Waals surface area contributed by atoms with Crippen molar-refractivity contribution < 1.29 is 9.90 Å². The molecule has 1 saturated carbocycles. The molecule has 0 atom stereocenters. The van der Waals surface area contributed by atoms with Crippen molar-refractivity contribution in [2.45, 2.75) is 24.8 Å². The first kappa shape index (κ1) is 16.9. The third-order valence-electron chi connectivity index (χ3n) is 5.94. The molecule has 3 aromatic rings. The van der Waals surface area contributed by atoms with Gasteiger partial charge in [0.25, 0.3) is 0 Å². The highest BCUT2D eigenvalue weighted by molar-refractivity contribution is 5.93. The molecule has 3 heterocycles. The van der Waals surface area contributed by atoms with E-state index < -0.39 is 0 Å². The number of anilines is 2.